The lowest BCUT2D eigenvalue weighted by atomic mass is 10.0. The number of rotatable bonds is 4. The Labute approximate surface area is 112 Å². The van der Waals surface area contributed by atoms with Crippen molar-refractivity contribution in [3.8, 4) is 0 Å². The summed E-state index contributed by atoms with van der Waals surface area (Å²) >= 11 is 1.85. The van der Waals surface area contributed by atoms with Crippen LogP contribution in [0.4, 0.5) is 0 Å². The zero-order valence-electron chi connectivity index (χ0n) is 10.6. The van der Waals surface area contributed by atoms with Gasteiger partial charge in [-0.25, -0.2) is 0 Å². The fraction of sp³-hybridized carbons (Fsp3) is 0.500. The average molecular weight is 265 g/mol. The van der Waals surface area contributed by atoms with Crippen molar-refractivity contribution in [3.63, 3.8) is 0 Å². The van der Waals surface area contributed by atoms with Crippen molar-refractivity contribution in [2.24, 2.45) is 0 Å². The van der Waals surface area contributed by atoms with Gasteiger partial charge in [0.25, 0.3) is 0 Å². The fourth-order valence-electron chi connectivity index (χ4n) is 2.35. The van der Waals surface area contributed by atoms with Crippen LogP contribution >= 0.6 is 11.8 Å². The molecule has 1 aliphatic rings. The molecule has 0 spiro atoms. The van der Waals surface area contributed by atoms with Crippen molar-refractivity contribution in [2.45, 2.75) is 37.1 Å². The Hall–Kier alpha value is -1.00. The van der Waals surface area contributed by atoms with Crippen LogP contribution < -0.4 is 5.32 Å². The van der Waals surface area contributed by atoms with E-state index in [0.29, 0.717) is 6.42 Å². The van der Waals surface area contributed by atoms with Crippen LogP contribution in [-0.2, 0) is 11.2 Å². The van der Waals surface area contributed by atoms with Gasteiger partial charge in [0.1, 0.15) is 6.04 Å². The molecule has 1 heterocycles. The summed E-state index contributed by atoms with van der Waals surface area (Å²) in [5.74, 6) is 0.172. The Morgan fingerprint density at radius 3 is 2.83 bits per heavy atom. The molecule has 3 nitrogen and oxygen atoms in total. The first-order chi connectivity index (χ1) is 8.65. The molecule has 0 radical (unpaired) electrons. The van der Waals surface area contributed by atoms with Crippen LogP contribution in [-0.4, -0.2) is 27.7 Å². The van der Waals surface area contributed by atoms with E-state index in [4.69, 9.17) is 5.11 Å². The van der Waals surface area contributed by atoms with Crippen LogP contribution in [0, 0.1) is 0 Å². The number of carboxylic acids is 1. The number of carboxylic acid groups (broad SMARTS) is 1. The maximum absolute atomic E-state index is 11.1. The third-order valence-electron chi connectivity index (χ3n) is 3.42. The van der Waals surface area contributed by atoms with Gasteiger partial charge in [0.05, 0.1) is 4.87 Å². The van der Waals surface area contributed by atoms with Crippen molar-refractivity contribution in [2.75, 3.05) is 5.75 Å². The maximum atomic E-state index is 11.1. The summed E-state index contributed by atoms with van der Waals surface area (Å²) in [7, 11) is 0. The lowest BCUT2D eigenvalue weighted by molar-refractivity contribution is -0.140. The highest BCUT2D eigenvalue weighted by molar-refractivity contribution is 8.00. The summed E-state index contributed by atoms with van der Waals surface area (Å²) in [4.78, 5) is 11.0. The van der Waals surface area contributed by atoms with Crippen LogP contribution in [0.25, 0.3) is 0 Å². The number of nitrogens with one attached hydrogen (secondary N) is 1. The summed E-state index contributed by atoms with van der Waals surface area (Å²) in [6, 6.07) is 9.86. The van der Waals surface area contributed by atoms with Crippen molar-refractivity contribution >= 4 is 17.7 Å². The molecule has 2 rings (SSSR count). The summed E-state index contributed by atoms with van der Waals surface area (Å²) < 4.78 is 0. The van der Waals surface area contributed by atoms with Gasteiger partial charge in [-0.15, -0.1) is 11.8 Å². The van der Waals surface area contributed by atoms with Gasteiger partial charge in [-0.1, -0.05) is 37.3 Å². The van der Waals surface area contributed by atoms with E-state index in [1.807, 2.05) is 30.0 Å². The molecule has 1 fully saturated rings. The predicted molar refractivity (Wildman–Crippen MR) is 74.8 cm³/mol. The molecule has 0 aliphatic carbocycles. The molecule has 18 heavy (non-hydrogen) atoms. The molecule has 2 N–H and O–H groups in total. The average Bonchev–Trinajstić information content (AvgIpc) is 2.40. The SMILES string of the molecule is CCC1(Cc2ccccc2)NC(C(=O)O)CCS1. The van der Waals surface area contributed by atoms with Gasteiger partial charge in [0.2, 0.25) is 0 Å². The van der Waals surface area contributed by atoms with Crippen molar-refractivity contribution in [1.29, 1.82) is 0 Å². The topological polar surface area (TPSA) is 49.3 Å². The predicted octanol–water partition coefficient (Wildman–Crippen LogP) is 2.52. The molecule has 1 aromatic rings. The molecule has 0 bridgehead atoms. The van der Waals surface area contributed by atoms with Gasteiger partial charge in [-0.2, -0.15) is 0 Å². The van der Waals surface area contributed by atoms with Gasteiger partial charge in [0.15, 0.2) is 0 Å². The van der Waals surface area contributed by atoms with E-state index in [0.717, 1.165) is 18.6 Å². The molecule has 1 saturated heterocycles. The fourth-order valence-corrected chi connectivity index (χ4v) is 3.79. The standard InChI is InChI=1S/C14H19NO2S/c1-2-14(10-11-6-4-3-5-7-11)15-12(13(16)17)8-9-18-14/h3-7,12,15H,2,8-10H2,1H3,(H,16,17). The molecule has 0 amide bonds. The van der Waals surface area contributed by atoms with Crippen LogP contribution in [0.3, 0.4) is 0 Å². The molecule has 98 valence electrons. The minimum absolute atomic E-state index is 0.136. The largest absolute Gasteiger partial charge is 0.480 e. The van der Waals surface area contributed by atoms with E-state index in [1.54, 1.807) is 0 Å². The van der Waals surface area contributed by atoms with E-state index < -0.39 is 12.0 Å². The Morgan fingerprint density at radius 1 is 1.50 bits per heavy atom. The molecular weight excluding hydrogens is 246 g/mol. The van der Waals surface area contributed by atoms with Crippen LogP contribution in [0.2, 0.25) is 0 Å². The number of aliphatic carboxylic acids is 1. The lowest BCUT2D eigenvalue weighted by Gasteiger charge is -2.40. The normalized spacial score (nSPS) is 27.9. The molecule has 2 atom stereocenters. The first kappa shape index (κ1) is 13.4. The minimum Gasteiger partial charge on any atom is -0.480 e. The number of benzene rings is 1. The van der Waals surface area contributed by atoms with Gasteiger partial charge >= 0.3 is 5.97 Å². The van der Waals surface area contributed by atoms with Crippen LogP contribution in [0.5, 0.6) is 0 Å². The van der Waals surface area contributed by atoms with E-state index in [1.165, 1.54) is 5.56 Å². The van der Waals surface area contributed by atoms with E-state index in [-0.39, 0.29) is 4.87 Å². The highest BCUT2D eigenvalue weighted by Gasteiger charge is 2.37. The third kappa shape index (κ3) is 3.06. The number of thioether (sulfide) groups is 1. The Balaban J connectivity index is 2.12. The zero-order chi connectivity index (χ0) is 13.0. The second kappa shape index (κ2) is 5.76. The number of hydrogen-bond acceptors (Lipinski definition) is 3. The quantitative estimate of drug-likeness (QED) is 0.878. The molecule has 0 saturated carbocycles. The molecule has 4 heteroatoms. The first-order valence-electron chi connectivity index (χ1n) is 6.33. The van der Waals surface area contributed by atoms with Gasteiger partial charge in [0, 0.05) is 0 Å². The van der Waals surface area contributed by atoms with E-state index in [9.17, 15) is 4.79 Å². The number of hydrogen-bond donors (Lipinski definition) is 2. The second-order valence-corrected chi connectivity index (χ2v) is 6.16. The molecule has 0 aromatic heterocycles. The van der Waals surface area contributed by atoms with Crippen molar-refractivity contribution < 1.29 is 9.90 Å². The summed E-state index contributed by atoms with van der Waals surface area (Å²) in [5.41, 5.74) is 1.25. The molecular formula is C14H19NO2S. The van der Waals surface area contributed by atoms with E-state index in [2.05, 4.69) is 24.4 Å². The highest BCUT2D eigenvalue weighted by Crippen LogP contribution is 2.35. The van der Waals surface area contributed by atoms with E-state index >= 15 is 0 Å². The zero-order valence-corrected chi connectivity index (χ0v) is 11.4. The smallest absolute Gasteiger partial charge is 0.320 e. The van der Waals surface area contributed by atoms with Crippen LogP contribution in [0.15, 0.2) is 30.3 Å². The Morgan fingerprint density at radius 2 is 2.22 bits per heavy atom. The number of carbonyl (C=O) groups is 1. The van der Waals surface area contributed by atoms with Gasteiger partial charge < -0.3 is 5.11 Å². The van der Waals surface area contributed by atoms with Crippen LogP contribution in [0.1, 0.15) is 25.3 Å². The summed E-state index contributed by atoms with van der Waals surface area (Å²) in [6.07, 6.45) is 2.51. The summed E-state index contributed by atoms with van der Waals surface area (Å²) in [5, 5.41) is 12.5. The second-order valence-electron chi connectivity index (χ2n) is 4.68. The van der Waals surface area contributed by atoms with Gasteiger partial charge in [-0.3, -0.25) is 10.1 Å². The molecule has 2 unspecified atom stereocenters. The van der Waals surface area contributed by atoms with Gasteiger partial charge in [-0.05, 0) is 30.6 Å². The van der Waals surface area contributed by atoms with Crippen molar-refractivity contribution in [1.82, 2.24) is 5.32 Å². The first-order valence-corrected chi connectivity index (χ1v) is 7.32. The minimum atomic E-state index is -0.735. The highest BCUT2D eigenvalue weighted by atomic mass is 32.2. The monoisotopic (exact) mass is 265 g/mol. The lowest BCUT2D eigenvalue weighted by Crippen LogP contribution is -2.55. The maximum Gasteiger partial charge on any atom is 0.320 e. The Bertz CT molecular complexity index is 410. The third-order valence-corrected chi connectivity index (χ3v) is 4.97. The molecule has 1 aromatic carbocycles. The van der Waals surface area contributed by atoms with Crippen molar-refractivity contribution in [3.05, 3.63) is 35.9 Å². The Kier molecular flexibility index (Phi) is 4.30. The summed E-state index contributed by atoms with van der Waals surface area (Å²) in [6.45, 7) is 2.12. The molecule has 1 aliphatic heterocycles.